The molecule has 0 radical (unpaired) electrons. The lowest BCUT2D eigenvalue weighted by molar-refractivity contribution is -0.143. The van der Waals surface area contributed by atoms with Gasteiger partial charge in [-0.2, -0.15) is 0 Å². The summed E-state index contributed by atoms with van der Waals surface area (Å²) < 4.78 is 0. The summed E-state index contributed by atoms with van der Waals surface area (Å²) in [5, 5.41) is 0. The second-order valence-corrected chi connectivity index (χ2v) is 7.37. The van der Waals surface area contributed by atoms with Gasteiger partial charge in [-0.1, -0.05) is 13.0 Å². The maximum absolute atomic E-state index is 12.7. The number of piperazine rings is 1. The van der Waals surface area contributed by atoms with Gasteiger partial charge in [-0.3, -0.25) is 14.5 Å². The SMILES string of the molecule is C=C[C@@](C)(CC)C(=O)N1CCN([C@H](C)C(=O)N2CCCCC2)CC1. The van der Waals surface area contributed by atoms with Crippen LogP contribution in [-0.2, 0) is 9.59 Å². The molecule has 5 nitrogen and oxygen atoms in total. The first-order chi connectivity index (χ1) is 11.4. The Morgan fingerprint density at radius 2 is 1.62 bits per heavy atom. The van der Waals surface area contributed by atoms with Crippen LogP contribution in [0.3, 0.4) is 0 Å². The molecular formula is C19H33N3O2. The summed E-state index contributed by atoms with van der Waals surface area (Å²) in [4.78, 5) is 31.5. The molecule has 2 fully saturated rings. The van der Waals surface area contributed by atoms with E-state index in [0.29, 0.717) is 13.1 Å². The van der Waals surface area contributed by atoms with Crippen molar-refractivity contribution in [1.29, 1.82) is 0 Å². The number of piperidine rings is 1. The fraction of sp³-hybridized carbons (Fsp3) is 0.789. The van der Waals surface area contributed by atoms with Gasteiger partial charge in [-0.15, -0.1) is 6.58 Å². The molecule has 2 heterocycles. The third-order valence-corrected chi connectivity index (χ3v) is 5.85. The molecule has 0 aliphatic carbocycles. The van der Waals surface area contributed by atoms with Gasteiger partial charge < -0.3 is 9.80 Å². The standard InChI is InChI=1S/C19H33N3O2/c1-5-19(4,6-2)18(24)22-14-12-20(13-15-22)16(3)17(23)21-10-8-7-9-11-21/h5,16H,1,6-15H2,2-4H3/t16-,19+/m1/s1. The van der Waals surface area contributed by atoms with Crippen molar-refractivity contribution >= 4 is 11.8 Å². The zero-order chi connectivity index (χ0) is 17.7. The summed E-state index contributed by atoms with van der Waals surface area (Å²) in [5.41, 5.74) is -0.475. The van der Waals surface area contributed by atoms with Crippen molar-refractivity contribution in [2.75, 3.05) is 39.3 Å². The van der Waals surface area contributed by atoms with Gasteiger partial charge >= 0.3 is 0 Å². The van der Waals surface area contributed by atoms with Gasteiger partial charge in [0.2, 0.25) is 11.8 Å². The lowest BCUT2D eigenvalue weighted by Crippen LogP contribution is -2.57. The first-order valence-electron chi connectivity index (χ1n) is 9.38. The predicted molar refractivity (Wildman–Crippen MR) is 96.6 cm³/mol. The van der Waals surface area contributed by atoms with E-state index in [2.05, 4.69) is 11.5 Å². The highest BCUT2D eigenvalue weighted by Gasteiger charge is 2.35. The van der Waals surface area contributed by atoms with Crippen LogP contribution >= 0.6 is 0 Å². The summed E-state index contributed by atoms with van der Waals surface area (Å²) in [5.74, 6) is 0.411. The number of hydrogen-bond donors (Lipinski definition) is 0. The highest BCUT2D eigenvalue weighted by molar-refractivity contribution is 5.84. The van der Waals surface area contributed by atoms with Crippen LogP contribution in [0.15, 0.2) is 12.7 Å². The second kappa shape index (κ2) is 8.15. The first-order valence-corrected chi connectivity index (χ1v) is 9.38. The minimum absolute atomic E-state index is 0.0858. The number of carbonyl (C=O) groups excluding carboxylic acids is 2. The topological polar surface area (TPSA) is 43.9 Å². The summed E-state index contributed by atoms with van der Waals surface area (Å²) in [6, 6.07) is -0.0858. The smallest absolute Gasteiger partial charge is 0.239 e. The largest absolute Gasteiger partial charge is 0.341 e. The Hall–Kier alpha value is -1.36. The molecule has 24 heavy (non-hydrogen) atoms. The molecule has 0 unspecified atom stereocenters. The van der Waals surface area contributed by atoms with E-state index >= 15 is 0 Å². The molecular weight excluding hydrogens is 302 g/mol. The third kappa shape index (κ3) is 4.00. The molecule has 5 heteroatoms. The van der Waals surface area contributed by atoms with E-state index in [0.717, 1.165) is 45.4 Å². The summed E-state index contributed by atoms with van der Waals surface area (Å²) in [6.45, 7) is 14.5. The average Bonchev–Trinajstić information content (AvgIpc) is 2.66. The molecule has 0 bridgehead atoms. The summed E-state index contributed by atoms with van der Waals surface area (Å²) in [6.07, 6.45) is 6.01. The molecule has 0 saturated carbocycles. The summed E-state index contributed by atoms with van der Waals surface area (Å²) >= 11 is 0. The van der Waals surface area contributed by atoms with Crippen molar-refractivity contribution in [3.05, 3.63) is 12.7 Å². The van der Waals surface area contributed by atoms with Crippen LogP contribution in [0.25, 0.3) is 0 Å². The quantitative estimate of drug-likeness (QED) is 0.723. The van der Waals surface area contributed by atoms with Gasteiger partial charge in [0, 0.05) is 39.3 Å². The Balaban J connectivity index is 1.88. The summed E-state index contributed by atoms with van der Waals surface area (Å²) in [7, 11) is 0. The number of hydrogen-bond acceptors (Lipinski definition) is 3. The highest BCUT2D eigenvalue weighted by atomic mass is 16.2. The van der Waals surface area contributed by atoms with Gasteiger partial charge in [0.25, 0.3) is 0 Å². The molecule has 2 amide bonds. The van der Waals surface area contributed by atoms with Crippen LogP contribution in [0.2, 0.25) is 0 Å². The van der Waals surface area contributed by atoms with Crippen molar-refractivity contribution in [1.82, 2.24) is 14.7 Å². The van der Waals surface area contributed by atoms with Gasteiger partial charge in [0.1, 0.15) is 0 Å². The zero-order valence-electron chi connectivity index (χ0n) is 15.6. The number of amides is 2. The average molecular weight is 335 g/mol. The van der Waals surface area contributed by atoms with E-state index in [4.69, 9.17) is 0 Å². The van der Waals surface area contributed by atoms with Crippen LogP contribution in [0.1, 0.15) is 46.5 Å². The van der Waals surface area contributed by atoms with Crippen molar-refractivity contribution in [2.24, 2.45) is 5.41 Å². The molecule has 0 aromatic heterocycles. The van der Waals surface area contributed by atoms with Crippen molar-refractivity contribution < 1.29 is 9.59 Å². The van der Waals surface area contributed by atoms with Crippen LogP contribution in [0, 0.1) is 5.41 Å². The second-order valence-electron chi connectivity index (χ2n) is 7.37. The fourth-order valence-electron chi connectivity index (χ4n) is 3.59. The van der Waals surface area contributed by atoms with Crippen LogP contribution in [-0.4, -0.2) is 71.8 Å². The van der Waals surface area contributed by atoms with Crippen LogP contribution in [0.5, 0.6) is 0 Å². The Labute approximate surface area is 146 Å². The normalized spacial score (nSPS) is 23.5. The minimum atomic E-state index is -0.475. The molecule has 2 aliphatic rings. The molecule has 2 rings (SSSR count). The molecule has 0 aromatic carbocycles. The lowest BCUT2D eigenvalue weighted by Gasteiger charge is -2.41. The number of likely N-dealkylation sites (tertiary alicyclic amines) is 1. The van der Waals surface area contributed by atoms with E-state index in [1.807, 2.05) is 30.6 Å². The van der Waals surface area contributed by atoms with E-state index in [1.54, 1.807) is 6.08 Å². The Morgan fingerprint density at radius 1 is 1.04 bits per heavy atom. The minimum Gasteiger partial charge on any atom is -0.341 e. The third-order valence-electron chi connectivity index (χ3n) is 5.85. The number of nitrogens with zero attached hydrogens (tertiary/aromatic N) is 3. The molecule has 0 aromatic rings. The Bertz CT molecular complexity index is 465. The van der Waals surface area contributed by atoms with Gasteiger partial charge in [0.05, 0.1) is 11.5 Å². The fourth-order valence-corrected chi connectivity index (χ4v) is 3.59. The van der Waals surface area contributed by atoms with Crippen LogP contribution < -0.4 is 0 Å². The van der Waals surface area contributed by atoms with Gasteiger partial charge in [-0.25, -0.2) is 0 Å². The van der Waals surface area contributed by atoms with Crippen molar-refractivity contribution in [2.45, 2.75) is 52.5 Å². The molecule has 0 spiro atoms. The maximum atomic E-state index is 12.7. The molecule has 0 N–H and O–H groups in total. The Kier molecular flexibility index (Phi) is 6.44. The maximum Gasteiger partial charge on any atom is 0.239 e. The molecule has 2 atom stereocenters. The molecule has 136 valence electrons. The van der Waals surface area contributed by atoms with Crippen LogP contribution in [0.4, 0.5) is 0 Å². The van der Waals surface area contributed by atoms with E-state index in [1.165, 1.54) is 6.42 Å². The van der Waals surface area contributed by atoms with Gasteiger partial charge in [0.15, 0.2) is 0 Å². The molecule has 2 saturated heterocycles. The van der Waals surface area contributed by atoms with Gasteiger partial charge in [-0.05, 0) is 39.5 Å². The number of carbonyl (C=O) groups is 2. The predicted octanol–water partition coefficient (Wildman–Crippen LogP) is 2.13. The van der Waals surface area contributed by atoms with E-state index < -0.39 is 5.41 Å². The Morgan fingerprint density at radius 3 is 2.12 bits per heavy atom. The first kappa shape index (κ1) is 19.0. The van der Waals surface area contributed by atoms with E-state index in [-0.39, 0.29) is 17.9 Å². The van der Waals surface area contributed by atoms with Crippen molar-refractivity contribution in [3.63, 3.8) is 0 Å². The van der Waals surface area contributed by atoms with Crippen molar-refractivity contribution in [3.8, 4) is 0 Å². The van der Waals surface area contributed by atoms with E-state index in [9.17, 15) is 9.59 Å². The zero-order valence-corrected chi connectivity index (χ0v) is 15.6. The number of rotatable bonds is 5. The monoisotopic (exact) mass is 335 g/mol. The highest BCUT2D eigenvalue weighted by Crippen LogP contribution is 2.26. The lowest BCUT2D eigenvalue weighted by atomic mass is 9.86. The molecule has 2 aliphatic heterocycles.